The number of hydrogen-bond acceptors (Lipinski definition) is 8. The van der Waals surface area contributed by atoms with Crippen molar-refractivity contribution >= 4 is 23.9 Å². The summed E-state index contributed by atoms with van der Waals surface area (Å²) in [5, 5.41) is 0. The van der Waals surface area contributed by atoms with Crippen LogP contribution in [0.3, 0.4) is 0 Å². The van der Waals surface area contributed by atoms with Gasteiger partial charge in [0.2, 0.25) is 0 Å². The number of benzene rings is 4. The molecule has 8 heteroatoms. The lowest BCUT2D eigenvalue weighted by molar-refractivity contribution is 0.0436. The molecule has 0 aliphatic carbocycles. The van der Waals surface area contributed by atoms with E-state index in [4.69, 9.17) is 18.9 Å². The zero-order valence-electron chi connectivity index (χ0n) is 32.0. The van der Waals surface area contributed by atoms with Gasteiger partial charge < -0.3 is 18.9 Å². The van der Waals surface area contributed by atoms with E-state index in [1.54, 1.807) is 48.5 Å². The Hall–Kier alpha value is -5.24. The van der Waals surface area contributed by atoms with E-state index in [0.29, 0.717) is 13.2 Å². The number of unbranched alkanes of at least 4 members (excludes halogenated alkanes) is 10. The van der Waals surface area contributed by atoms with Crippen LogP contribution in [0.5, 0.6) is 0 Å². The lowest BCUT2D eigenvalue weighted by atomic mass is 10.1. The largest absolute Gasteiger partial charge is 0.462 e. The van der Waals surface area contributed by atoms with Crippen LogP contribution >= 0.6 is 0 Å². The van der Waals surface area contributed by atoms with Gasteiger partial charge in [-0.05, 0) is 48.2 Å². The molecule has 4 aromatic carbocycles. The molecule has 0 N–H and O–H groups in total. The molecule has 288 valence electrons. The summed E-state index contributed by atoms with van der Waals surface area (Å²) in [5.41, 5.74) is 2.77. The third kappa shape index (κ3) is 16.6. The number of ether oxygens (including phenoxy) is 4. The molecule has 0 aliphatic heterocycles. The molecule has 0 spiro atoms. The molecule has 0 heterocycles. The van der Waals surface area contributed by atoms with Crippen LogP contribution in [-0.4, -0.2) is 37.1 Å². The number of carbonyl (C=O) groups is 4. The Morgan fingerprint density at radius 2 is 0.630 bits per heavy atom. The fourth-order valence-electron chi connectivity index (χ4n) is 5.53. The Bertz CT molecular complexity index is 1670. The molecule has 0 aromatic heterocycles. The van der Waals surface area contributed by atoms with Crippen molar-refractivity contribution in [1.29, 1.82) is 0 Å². The molecular formula is C46H56O8. The van der Waals surface area contributed by atoms with Crippen LogP contribution < -0.4 is 0 Å². The predicted molar refractivity (Wildman–Crippen MR) is 211 cm³/mol. The normalized spacial score (nSPS) is 10.4. The second-order valence-corrected chi connectivity index (χ2v) is 13.0. The average Bonchev–Trinajstić information content (AvgIpc) is 3.22. The molecule has 0 fully saturated rings. The van der Waals surface area contributed by atoms with Crippen molar-refractivity contribution in [3.63, 3.8) is 0 Å². The van der Waals surface area contributed by atoms with Gasteiger partial charge in [0, 0.05) is 0 Å². The van der Waals surface area contributed by atoms with E-state index in [2.05, 4.69) is 13.8 Å². The lowest BCUT2D eigenvalue weighted by Crippen LogP contribution is -2.14. The number of esters is 4. The van der Waals surface area contributed by atoms with Crippen LogP contribution in [0.25, 0.3) is 0 Å². The van der Waals surface area contributed by atoms with Gasteiger partial charge in [0.1, 0.15) is 13.2 Å². The van der Waals surface area contributed by atoms with Gasteiger partial charge >= 0.3 is 23.9 Å². The quantitative estimate of drug-likeness (QED) is 0.0446. The minimum Gasteiger partial charge on any atom is -0.462 e. The average molecular weight is 737 g/mol. The summed E-state index contributed by atoms with van der Waals surface area (Å²) in [5.74, 6) is -2.00. The first kappa shape index (κ1) is 43.2. The molecular weight excluding hydrogens is 680 g/mol. The van der Waals surface area contributed by atoms with Crippen molar-refractivity contribution in [3.8, 4) is 0 Å². The fourth-order valence-corrected chi connectivity index (χ4v) is 5.53. The SMILES string of the molecule is CCCCCCCCCOC(=O)c1ccccc1C(=O)OCc1ccccc1.CCCCCCCOC(=O)c1ccccc1C(=O)OCc1ccccc1. The van der Waals surface area contributed by atoms with Crippen LogP contribution in [0, 0.1) is 0 Å². The second kappa shape index (κ2) is 26.5. The maximum Gasteiger partial charge on any atom is 0.339 e. The van der Waals surface area contributed by atoms with Crippen molar-refractivity contribution in [2.24, 2.45) is 0 Å². The van der Waals surface area contributed by atoms with Crippen molar-refractivity contribution in [2.45, 2.75) is 104 Å². The molecule has 0 unspecified atom stereocenters. The third-order valence-corrected chi connectivity index (χ3v) is 8.62. The monoisotopic (exact) mass is 736 g/mol. The smallest absolute Gasteiger partial charge is 0.339 e. The fraction of sp³-hybridized carbons (Fsp3) is 0.391. The van der Waals surface area contributed by atoms with Crippen LogP contribution in [0.4, 0.5) is 0 Å². The van der Waals surface area contributed by atoms with E-state index in [1.165, 1.54) is 44.9 Å². The van der Waals surface area contributed by atoms with E-state index < -0.39 is 23.9 Å². The van der Waals surface area contributed by atoms with Gasteiger partial charge in [-0.25, -0.2) is 19.2 Å². The van der Waals surface area contributed by atoms with E-state index in [0.717, 1.165) is 43.2 Å². The zero-order valence-corrected chi connectivity index (χ0v) is 32.0. The zero-order chi connectivity index (χ0) is 38.6. The van der Waals surface area contributed by atoms with E-state index in [9.17, 15) is 19.2 Å². The van der Waals surface area contributed by atoms with Gasteiger partial charge in [0.05, 0.1) is 35.5 Å². The number of hydrogen-bond donors (Lipinski definition) is 0. The lowest BCUT2D eigenvalue weighted by Gasteiger charge is -2.10. The van der Waals surface area contributed by atoms with Gasteiger partial charge in [-0.15, -0.1) is 0 Å². The first-order chi connectivity index (χ1) is 26.4. The van der Waals surface area contributed by atoms with Crippen molar-refractivity contribution in [3.05, 3.63) is 143 Å². The molecule has 0 amide bonds. The van der Waals surface area contributed by atoms with Crippen LogP contribution in [-0.2, 0) is 32.2 Å². The summed E-state index contributed by atoms with van der Waals surface area (Å²) >= 11 is 0. The van der Waals surface area contributed by atoms with E-state index >= 15 is 0 Å². The van der Waals surface area contributed by atoms with E-state index in [1.807, 2.05) is 60.7 Å². The van der Waals surface area contributed by atoms with Crippen molar-refractivity contribution in [2.75, 3.05) is 13.2 Å². The number of carbonyl (C=O) groups excluding carboxylic acids is 4. The van der Waals surface area contributed by atoms with E-state index in [-0.39, 0.29) is 35.5 Å². The van der Waals surface area contributed by atoms with Crippen LogP contribution in [0.15, 0.2) is 109 Å². The molecule has 0 atom stereocenters. The van der Waals surface area contributed by atoms with Crippen LogP contribution in [0.1, 0.15) is 143 Å². The summed E-state index contributed by atoms with van der Waals surface area (Å²) in [6.07, 6.45) is 13.5. The maximum atomic E-state index is 12.4. The standard InChI is InChI=1S/C24H30O4.C22H26O4/c1-2-3-4-5-6-7-13-18-27-23(25)21-16-11-12-17-22(21)24(26)28-19-20-14-9-8-10-15-20;1-2-3-4-5-11-16-25-21(23)19-14-9-10-15-20(19)22(24)26-17-18-12-7-6-8-13-18/h8-12,14-17H,2-7,13,18-19H2,1H3;6-10,12-15H,2-5,11,16-17H2,1H3. The van der Waals surface area contributed by atoms with Gasteiger partial charge in [-0.3, -0.25) is 0 Å². The third-order valence-electron chi connectivity index (χ3n) is 8.62. The van der Waals surface area contributed by atoms with Crippen molar-refractivity contribution in [1.82, 2.24) is 0 Å². The Morgan fingerprint density at radius 1 is 0.352 bits per heavy atom. The Balaban J connectivity index is 0.000000291. The Labute approximate surface area is 321 Å². The Kier molecular flexibility index (Phi) is 21.2. The minimum absolute atomic E-state index is 0.167. The molecule has 0 saturated heterocycles. The summed E-state index contributed by atoms with van der Waals surface area (Å²) in [4.78, 5) is 49.5. The molecule has 54 heavy (non-hydrogen) atoms. The minimum atomic E-state index is -0.524. The summed E-state index contributed by atoms with van der Waals surface area (Å²) in [6.45, 7) is 5.44. The second-order valence-electron chi connectivity index (χ2n) is 13.0. The highest BCUT2D eigenvalue weighted by Gasteiger charge is 2.20. The molecule has 0 radical (unpaired) electrons. The summed E-state index contributed by atoms with van der Waals surface area (Å²) < 4.78 is 21.4. The molecule has 0 bridgehead atoms. The van der Waals surface area contributed by atoms with Gasteiger partial charge in [-0.2, -0.15) is 0 Å². The summed E-state index contributed by atoms with van der Waals surface area (Å²) in [6, 6.07) is 32.1. The topological polar surface area (TPSA) is 105 Å². The van der Waals surface area contributed by atoms with Crippen LogP contribution in [0.2, 0.25) is 0 Å². The molecule has 4 rings (SSSR count). The number of rotatable bonds is 22. The van der Waals surface area contributed by atoms with Crippen molar-refractivity contribution < 1.29 is 38.1 Å². The first-order valence-electron chi connectivity index (χ1n) is 19.4. The Morgan fingerprint density at radius 3 is 0.963 bits per heavy atom. The highest BCUT2D eigenvalue weighted by molar-refractivity contribution is 6.03. The molecule has 4 aromatic rings. The maximum absolute atomic E-state index is 12.4. The first-order valence-corrected chi connectivity index (χ1v) is 19.4. The molecule has 0 aliphatic rings. The highest BCUT2D eigenvalue weighted by atomic mass is 16.5. The van der Waals surface area contributed by atoms with Gasteiger partial charge in [-0.1, -0.05) is 163 Å². The molecule has 8 nitrogen and oxygen atoms in total. The summed E-state index contributed by atoms with van der Waals surface area (Å²) in [7, 11) is 0. The molecule has 0 saturated carbocycles. The van der Waals surface area contributed by atoms with Gasteiger partial charge in [0.15, 0.2) is 0 Å². The predicted octanol–water partition coefficient (Wildman–Crippen LogP) is 11.1. The highest BCUT2D eigenvalue weighted by Crippen LogP contribution is 2.16. The van der Waals surface area contributed by atoms with Gasteiger partial charge in [0.25, 0.3) is 0 Å².